The summed E-state index contributed by atoms with van der Waals surface area (Å²) in [5.74, 6) is 2.08. The van der Waals surface area contributed by atoms with Crippen molar-refractivity contribution in [2.75, 3.05) is 0 Å². The highest BCUT2D eigenvalue weighted by atomic mass is 79.9. The van der Waals surface area contributed by atoms with Gasteiger partial charge in [0.2, 0.25) is 0 Å². The Labute approximate surface area is 618 Å². The lowest BCUT2D eigenvalue weighted by atomic mass is 9.78. The average Bonchev–Trinajstić information content (AvgIpc) is 0.815. The molecule has 0 saturated carbocycles. The lowest BCUT2D eigenvalue weighted by molar-refractivity contribution is -0.0586. The van der Waals surface area contributed by atoms with E-state index in [1.807, 2.05) is 224 Å². The lowest BCUT2D eigenvalue weighted by Gasteiger charge is -2.15. The van der Waals surface area contributed by atoms with Gasteiger partial charge in [0.05, 0.1) is 28.5 Å². The largest absolute Gasteiger partial charge is 0.534 e. The molecule has 0 aliphatic rings. The first-order valence-corrected chi connectivity index (χ1v) is 36.3. The van der Waals surface area contributed by atoms with E-state index >= 15 is 0 Å². The average molecular weight is 1600 g/mol. The summed E-state index contributed by atoms with van der Waals surface area (Å²) < 4.78 is 177. The van der Waals surface area contributed by atoms with E-state index in [4.69, 9.17) is 25.0 Å². The van der Waals surface area contributed by atoms with Gasteiger partial charge in [-0.2, -0.15) is 64.8 Å². The van der Waals surface area contributed by atoms with Gasteiger partial charge in [-0.25, -0.2) is 29.9 Å². The van der Waals surface area contributed by atoms with Crippen LogP contribution in [0, 0.1) is 41.5 Å². The summed E-state index contributed by atoms with van der Waals surface area (Å²) in [6, 6.07) is 74.9. The third kappa shape index (κ3) is 21.7. The Balaban J connectivity index is 0.000000177. The molecule has 0 fully saturated rings. The van der Waals surface area contributed by atoms with E-state index in [9.17, 15) is 75.0 Å². The summed E-state index contributed by atoms with van der Waals surface area (Å²) >= 11 is 3.46. The van der Waals surface area contributed by atoms with Crippen LogP contribution in [0.15, 0.2) is 241 Å². The molecule has 0 atom stereocenters. The zero-order valence-corrected chi connectivity index (χ0v) is 60.9. The van der Waals surface area contributed by atoms with Crippen LogP contribution in [-0.4, -0.2) is 99.1 Å². The molecule has 0 saturated heterocycles. The minimum absolute atomic E-state index is 0.208. The second-order valence-corrected chi connectivity index (χ2v) is 28.8. The molecule has 0 unspecified atom stereocenters. The number of phenols is 2. The maximum absolute atomic E-state index is 12.8. The van der Waals surface area contributed by atoms with Gasteiger partial charge >= 0.3 is 54.0 Å². The SMILES string of the molecule is Brc1cc(-c2ccccc2)nc(-c2ccccc2)n1.Cc1cc(-c2cc(-c3ccccc3)nc(-c3ccccc3)n2)cc(C)c1O.Cc1cc(-c2cc(-c3ccccc3)nc(-c3ccccc3)n2)cc(C)c1OS(=O)(=O)C(F)(F)F.Cc1cc(B(O)O)cc(C)c1O.O=S(=O)(OS(=O)(=O)C(F)(F)F)C(F)(F)F. The highest BCUT2D eigenvalue weighted by molar-refractivity contribution is 9.10. The molecule has 0 aliphatic heterocycles. The molecule has 3 heterocycles. The zero-order chi connectivity index (χ0) is 78.4. The second kappa shape index (κ2) is 34.7. The van der Waals surface area contributed by atoms with Crippen molar-refractivity contribution in [2.24, 2.45) is 0 Å². The molecule has 0 bridgehead atoms. The Morgan fingerprint density at radius 2 is 0.570 bits per heavy atom. The van der Waals surface area contributed by atoms with Crippen LogP contribution in [0.25, 0.3) is 90.5 Å². The molecule has 0 spiro atoms. The molecular weight excluding hydrogens is 1530 g/mol. The molecule has 32 heteroatoms. The highest BCUT2D eigenvalue weighted by Crippen LogP contribution is 2.38. The zero-order valence-electron chi connectivity index (χ0n) is 56.8. The monoisotopic (exact) mass is 1590 g/mol. The fourth-order valence-corrected chi connectivity index (χ4v) is 12.4. The van der Waals surface area contributed by atoms with Crippen molar-refractivity contribution in [2.45, 2.75) is 58.1 Å². The maximum atomic E-state index is 12.8. The fraction of sp³-hybridized carbons (Fsp3) is 0.120. The summed E-state index contributed by atoms with van der Waals surface area (Å²) in [5, 5.41) is 37.1. The van der Waals surface area contributed by atoms with Gasteiger partial charge in [0, 0.05) is 44.5 Å². The van der Waals surface area contributed by atoms with E-state index in [1.54, 1.807) is 44.2 Å². The minimum atomic E-state index is -6.85. The smallest absolute Gasteiger partial charge is 0.507 e. The topological polar surface area (TPSA) is 279 Å². The highest BCUT2D eigenvalue weighted by Gasteiger charge is 2.57. The van der Waals surface area contributed by atoms with Crippen LogP contribution >= 0.6 is 15.9 Å². The third-order valence-corrected chi connectivity index (χ3v) is 19.0. The molecule has 0 aliphatic carbocycles. The molecule has 0 radical (unpaired) electrons. The molecule has 12 aromatic rings. The van der Waals surface area contributed by atoms with Crippen molar-refractivity contribution in [3.8, 4) is 108 Å². The number of aryl methyl sites for hydroxylation is 6. The number of hydrogen-bond donors (Lipinski definition) is 4. The van der Waals surface area contributed by atoms with Crippen molar-refractivity contribution in [3.63, 3.8) is 0 Å². The van der Waals surface area contributed by atoms with Gasteiger partial charge in [-0.05, 0) is 139 Å². The normalized spacial score (nSPS) is 11.6. The van der Waals surface area contributed by atoms with Crippen LogP contribution in [0.4, 0.5) is 39.5 Å². The number of alkyl halides is 9. The molecular formula is C75H61BBrF9N6O12S3. The first-order chi connectivity index (χ1) is 50.2. The van der Waals surface area contributed by atoms with Crippen LogP contribution < -0.4 is 9.65 Å². The Kier molecular flexibility index (Phi) is 26.5. The Morgan fingerprint density at radius 1 is 0.327 bits per heavy atom. The number of aromatic nitrogens is 6. The number of halogens is 10. The van der Waals surface area contributed by atoms with Crippen LogP contribution in [0.3, 0.4) is 0 Å². The van der Waals surface area contributed by atoms with Crippen molar-refractivity contribution < 1.29 is 92.8 Å². The van der Waals surface area contributed by atoms with Gasteiger partial charge in [0.15, 0.2) is 17.5 Å². The standard InChI is InChI=1S/C25H19F3N2O3S.C24H20N2O.C16H11BrN2.C8H11BO3.C2F6O5S2/c1-16-13-20(14-17(2)23(16)33-34(31,32)25(26,27)28)22-15-21(18-9-5-3-6-10-18)29-24(30-22)19-11-7-4-8-12-19;1-16-13-20(14-17(2)23(16)27)22-15-21(18-9-5-3-6-10-18)25-24(26-22)19-11-7-4-8-12-19;17-15-11-14(12-7-3-1-4-8-12)18-16(19-15)13-9-5-2-6-10-13;1-5-3-7(9(11)12)4-6(2)8(5)10;3-1(4,5)14(9,10)13-15(11,12)2(6,7)8/h3-15H,1-2H3;3-15,27H,1-2H3;1-11H;3-4,10-12H,1-2H3;. The number of benzene rings is 9. The van der Waals surface area contributed by atoms with Gasteiger partial charge < -0.3 is 24.4 Å². The Hall–Kier alpha value is -10.7. The first kappa shape index (κ1) is 81.9. The molecule has 554 valence electrons. The quantitative estimate of drug-likeness (QED) is 0.0274. The molecule has 9 aromatic carbocycles. The summed E-state index contributed by atoms with van der Waals surface area (Å²) in [5.41, 5.74) is -3.02. The van der Waals surface area contributed by atoms with Crippen LogP contribution in [0.2, 0.25) is 0 Å². The molecule has 0 amide bonds. The predicted molar refractivity (Wildman–Crippen MR) is 392 cm³/mol. The molecule has 107 heavy (non-hydrogen) atoms. The van der Waals surface area contributed by atoms with Crippen molar-refractivity contribution in [1.29, 1.82) is 0 Å². The van der Waals surface area contributed by atoms with Gasteiger partial charge in [-0.3, -0.25) is 0 Å². The van der Waals surface area contributed by atoms with Crippen LogP contribution in [0.1, 0.15) is 33.4 Å². The van der Waals surface area contributed by atoms with Crippen molar-refractivity contribution in [1.82, 2.24) is 29.9 Å². The van der Waals surface area contributed by atoms with Crippen LogP contribution in [0.5, 0.6) is 17.2 Å². The van der Waals surface area contributed by atoms with Gasteiger partial charge in [-0.1, -0.05) is 194 Å². The number of nitrogens with zero attached hydrogens (tertiary/aromatic N) is 6. The first-order valence-electron chi connectivity index (χ1n) is 31.3. The number of hydrogen-bond acceptors (Lipinski definition) is 18. The van der Waals surface area contributed by atoms with Gasteiger partial charge in [0.1, 0.15) is 21.9 Å². The third-order valence-electron chi connectivity index (χ3n) is 15.0. The molecule has 4 N–H and O–H groups in total. The van der Waals surface area contributed by atoms with Crippen molar-refractivity contribution in [3.05, 3.63) is 275 Å². The minimum Gasteiger partial charge on any atom is -0.507 e. The van der Waals surface area contributed by atoms with E-state index in [0.29, 0.717) is 50.9 Å². The predicted octanol–water partition coefficient (Wildman–Crippen LogP) is 17.1. The van der Waals surface area contributed by atoms with E-state index < -0.39 is 54.0 Å². The molecule has 3 aromatic heterocycles. The Bertz CT molecular complexity index is 5160. The Morgan fingerprint density at radius 3 is 0.850 bits per heavy atom. The molecule has 12 rings (SSSR count). The number of phenolic OH excluding ortho intramolecular Hbond substituents is 2. The van der Waals surface area contributed by atoms with E-state index in [-0.39, 0.29) is 22.6 Å². The summed E-state index contributed by atoms with van der Waals surface area (Å²) in [7, 11) is -20.9. The van der Waals surface area contributed by atoms with Crippen LogP contribution in [-0.2, 0) is 34.0 Å². The summed E-state index contributed by atoms with van der Waals surface area (Å²) in [4.78, 5) is 28.1. The van der Waals surface area contributed by atoms with Gasteiger partial charge in [-0.15, -0.1) is 3.63 Å². The fourth-order valence-electron chi connectivity index (χ4n) is 9.85. The molecule has 18 nitrogen and oxygen atoms in total. The summed E-state index contributed by atoms with van der Waals surface area (Å²) in [6.45, 7) is 10.2. The van der Waals surface area contributed by atoms with E-state index in [0.717, 1.165) is 77.6 Å². The number of rotatable bonds is 13. The number of aromatic hydroxyl groups is 2. The van der Waals surface area contributed by atoms with Gasteiger partial charge in [0.25, 0.3) is 0 Å². The van der Waals surface area contributed by atoms with Crippen molar-refractivity contribution >= 4 is 58.9 Å². The maximum Gasteiger partial charge on any atom is 0.534 e. The lowest BCUT2D eigenvalue weighted by Crippen LogP contribution is -2.34. The van der Waals surface area contributed by atoms with E-state index in [1.165, 1.54) is 13.8 Å². The second-order valence-electron chi connectivity index (χ2n) is 23.1. The summed E-state index contributed by atoms with van der Waals surface area (Å²) in [6.07, 6.45) is 0. The van der Waals surface area contributed by atoms with E-state index in [2.05, 4.69) is 35.1 Å².